The van der Waals surface area contributed by atoms with Crippen LogP contribution in [0.5, 0.6) is 0 Å². The number of methoxy groups -OCH3 is 2. The second kappa shape index (κ2) is 5.52. The fraction of sp³-hybridized carbons (Fsp3) is 0.615. The third-order valence-electron chi connectivity index (χ3n) is 3.69. The lowest BCUT2D eigenvalue weighted by atomic mass is 9.84. The molecule has 1 aliphatic rings. The highest BCUT2D eigenvalue weighted by atomic mass is 16.5. The molecule has 0 aromatic carbocycles. The molecule has 1 aromatic heterocycles. The second-order valence-electron chi connectivity index (χ2n) is 4.73. The first-order chi connectivity index (χ1) is 9.13. The van der Waals surface area contributed by atoms with E-state index in [1.807, 2.05) is 0 Å². The molecule has 0 unspecified atom stereocenters. The highest BCUT2D eigenvalue weighted by Crippen LogP contribution is 2.37. The summed E-state index contributed by atoms with van der Waals surface area (Å²) < 4.78 is 10.1. The number of nitrogens with one attached hydrogen (secondary N) is 1. The molecule has 2 rings (SSSR count). The lowest BCUT2D eigenvalue weighted by Crippen LogP contribution is -2.36. The van der Waals surface area contributed by atoms with Gasteiger partial charge in [0.1, 0.15) is 17.0 Å². The van der Waals surface area contributed by atoms with E-state index in [1.54, 1.807) is 7.11 Å². The van der Waals surface area contributed by atoms with Crippen molar-refractivity contribution < 1.29 is 14.3 Å². The average molecular weight is 266 g/mol. The summed E-state index contributed by atoms with van der Waals surface area (Å²) in [5.41, 5.74) is -1.11. The van der Waals surface area contributed by atoms with E-state index >= 15 is 0 Å². The second-order valence-corrected chi connectivity index (χ2v) is 4.73. The molecule has 104 valence electrons. The summed E-state index contributed by atoms with van der Waals surface area (Å²) in [6.07, 6.45) is 6.14. The van der Waals surface area contributed by atoms with Crippen LogP contribution in [-0.4, -0.2) is 30.2 Å². The minimum absolute atomic E-state index is 0.0895. The van der Waals surface area contributed by atoms with Crippen LogP contribution in [0.25, 0.3) is 0 Å². The smallest absolute Gasteiger partial charge is 0.345 e. The predicted octanol–water partition coefficient (Wildman–Crippen LogP) is 1.36. The lowest BCUT2D eigenvalue weighted by Gasteiger charge is -2.34. The van der Waals surface area contributed by atoms with Gasteiger partial charge in [0.25, 0.3) is 5.56 Å². The molecule has 1 aromatic rings. The van der Waals surface area contributed by atoms with Gasteiger partial charge in [-0.2, -0.15) is 0 Å². The highest BCUT2D eigenvalue weighted by molar-refractivity contribution is 5.88. The minimum atomic E-state index is -0.685. The van der Waals surface area contributed by atoms with Crippen molar-refractivity contribution in [1.29, 1.82) is 0 Å². The number of hydrogen-bond acceptors (Lipinski definition) is 5. The van der Waals surface area contributed by atoms with Crippen LogP contribution in [-0.2, 0) is 15.1 Å². The maximum Gasteiger partial charge on any atom is 0.345 e. The Bertz CT molecular complexity index is 518. The zero-order valence-electron chi connectivity index (χ0n) is 11.2. The third kappa shape index (κ3) is 2.53. The van der Waals surface area contributed by atoms with Gasteiger partial charge in [-0.05, 0) is 12.8 Å². The molecule has 0 radical (unpaired) electrons. The van der Waals surface area contributed by atoms with Gasteiger partial charge in [-0.3, -0.25) is 4.79 Å². The maximum atomic E-state index is 11.9. The van der Waals surface area contributed by atoms with Gasteiger partial charge < -0.3 is 14.5 Å². The van der Waals surface area contributed by atoms with Crippen LogP contribution in [0.3, 0.4) is 0 Å². The standard InChI is InChI=1S/C13H18N2O4/c1-18-11(17)9-8-14-12(15-10(9)16)13(19-2)6-4-3-5-7-13/h8H,3-7H2,1-2H3,(H,14,15,16). The fourth-order valence-electron chi connectivity index (χ4n) is 2.54. The Morgan fingerprint density at radius 3 is 2.53 bits per heavy atom. The molecule has 1 fully saturated rings. The van der Waals surface area contributed by atoms with Crippen LogP contribution in [0.15, 0.2) is 11.0 Å². The number of aromatic amines is 1. The average Bonchev–Trinajstić information content (AvgIpc) is 2.47. The third-order valence-corrected chi connectivity index (χ3v) is 3.69. The zero-order chi connectivity index (χ0) is 13.9. The molecule has 0 amide bonds. The summed E-state index contributed by atoms with van der Waals surface area (Å²) in [7, 11) is 2.85. The van der Waals surface area contributed by atoms with E-state index < -0.39 is 17.1 Å². The fourth-order valence-corrected chi connectivity index (χ4v) is 2.54. The number of nitrogens with zero attached hydrogens (tertiary/aromatic N) is 1. The van der Waals surface area contributed by atoms with Crippen molar-refractivity contribution in [2.24, 2.45) is 0 Å². The zero-order valence-corrected chi connectivity index (χ0v) is 11.2. The summed E-state index contributed by atoms with van der Waals surface area (Å²) in [5.74, 6) is -0.192. The molecular formula is C13H18N2O4. The number of carbonyl (C=O) groups is 1. The Morgan fingerprint density at radius 1 is 1.32 bits per heavy atom. The van der Waals surface area contributed by atoms with E-state index in [-0.39, 0.29) is 5.56 Å². The molecular weight excluding hydrogens is 248 g/mol. The van der Waals surface area contributed by atoms with Crippen LogP contribution < -0.4 is 5.56 Å². The summed E-state index contributed by atoms with van der Waals surface area (Å²) >= 11 is 0. The number of ether oxygens (including phenoxy) is 2. The van der Waals surface area contributed by atoms with Gasteiger partial charge in [0, 0.05) is 13.3 Å². The number of H-pyrrole nitrogens is 1. The van der Waals surface area contributed by atoms with Gasteiger partial charge >= 0.3 is 5.97 Å². The summed E-state index contributed by atoms with van der Waals surface area (Å²) in [4.78, 5) is 30.1. The molecule has 1 saturated carbocycles. The largest absolute Gasteiger partial charge is 0.465 e. The summed E-state index contributed by atoms with van der Waals surface area (Å²) in [6, 6.07) is 0. The maximum absolute atomic E-state index is 11.9. The van der Waals surface area contributed by atoms with Crippen LogP contribution >= 0.6 is 0 Å². The molecule has 1 aliphatic carbocycles. The van der Waals surface area contributed by atoms with E-state index in [1.165, 1.54) is 13.3 Å². The van der Waals surface area contributed by atoms with Crippen LogP contribution in [0, 0.1) is 0 Å². The quantitative estimate of drug-likeness (QED) is 0.835. The molecule has 6 heteroatoms. The molecule has 6 nitrogen and oxygen atoms in total. The first-order valence-corrected chi connectivity index (χ1v) is 6.36. The van der Waals surface area contributed by atoms with Gasteiger partial charge in [-0.25, -0.2) is 9.78 Å². The van der Waals surface area contributed by atoms with E-state index in [2.05, 4.69) is 14.7 Å². The van der Waals surface area contributed by atoms with Crippen LogP contribution in [0.4, 0.5) is 0 Å². The van der Waals surface area contributed by atoms with Gasteiger partial charge in [0.05, 0.1) is 7.11 Å². The monoisotopic (exact) mass is 266 g/mol. The Kier molecular flexibility index (Phi) is 3.99. The van der Waals surface area contributed by atoms with Gasteiger partial charge in [-0.15, -0.1) is 0 Å². The first kappa shape index (κ1) is 13.7. The Morgan fingerprint density at radius 2 is 2.00 bits per heavy atom. The van der Waals surface area contributed by atoms with E-state index in [4.69, 9.17) is 4.74 Å². The topological polar surface area (TPSA) is 81.3 Å². The van der Waals surface area contributed by atoms with E-state index in [0.29, 0.717) is 5.82 Å². The van der Waals surface area contributed by atoms with Crippen molar-refractivity contribution in [3.8, 4) is 0 Å². The molecule has 1 N–H and O–H groups in total. The first-order valence-electron chi connectivity index (χ1n) is 6.36. The molecule has 0 saturated heterocycles. The van der Waals surface area contributed by atoms with Crippen molar-refractivity contribution in [1.82, 2.24) is 9.97 Å². The highest BCUT2D eigenvalue weighted by Gasteiger charge is 2.36. The molecule has 0 aliphatic heterocycles. The van der Waals surface area contributed by atoms with E-state index in [0.717, 1.165) is 32.1 Å². The Balaban J connectivity index is 2.38. The SMILES string of the molecule is COC(=O)c1cnc(C2(OC)CCCCC2)[nH]c1=O. The number of carbonyl (C=O) groups excluding carboxylic acids is 1. The molecule has 0 bridgehead atoms. The van der Waals surface area contributed by atoms with E-state index in [9.17, 15) is 9.59 Å². The van der Waals surface area contributed by atoms with Gasteiger partial charge in [-0.1, -0.05) is 19.3 Å². The van der Waals surface area contributed by atoms with Crippen LogP contribution in [0.1, 0.15) is 48.3 Å². The predicted molar refractivity (Wildman–Crippen MR) is 68.0 cm³/mol. The molecule has 0 spiro atoms. The van der Waals surface area contributed by atoms with Crippen molar-refractivity contribution in [3.63, 3.8) is 0 Å². The molecule has 0 atom stereocenters. The summed E-state index contributed by atoms with van der Waals surface area (Å²) in [6.45, 7) is 0. The van der Waals surface area contributed by atoms with Gasteiger partial charge in [0.15, 0.2) is 0 Å². The van der Waals surface area contributed by atoms with Crippen molar-refractivity contribution in [2.45, 2.75) is 37.7 Å². The molecule has 1 heterocycles. The van der Waals surface area contributed by atoms with Crippen molar-refractivity contribution in [2.75, 3.05) is 14.2 Å². The van der Waals surface area contributed by atoms with Crippen molar-refractivity contribution >= 4 is 5.97 Å². The minimum Gasteiger partial charge on any atom is -0.465 e. The number of rotatable bonds is 3. The van der Waals surface area contributed by atoms with Gasteiger partial charge in [0.2, 0.25) is 0 Å². The summed E-state index contributed by atoms with van der Waals surface area (Å²) in [5, 5.41) is 0. The lowest BCUT2D eigenvalue weighted by molar-refractivity contribution is -0.0517. The Hall–Kier alpha value is -1.69. The molecule has 19 heavy (non-hydrogen) atoms. The normalized spacial score (nSPS) is 18.0. The van der Waals surface area contributed by atoms with Crippen LogP contribution in [0.2, 0.25) is 0 Å². The number of esters is 1. The Labute approximate surface area is 111 Å². The number of aromatic nitrogens is 2. The number of hydrogen-bond donors (Lipinski definition) is 1. The van der Waals surface area contributed by atoms with Crippen molar-refractivity contribution in [3.05, 3.63) is 27.9 Å².